The number of hydrogen-bond acceptors (Lipinski definition) is 13. The molecule has 0 saturated carbocycles. The molecule has 10 rings (SSSR count). The number of aryl methyl sites for hydroxylation is 1. The fourth-order valence-electron chi connectivity index (χ4n) is 10.5. The Kier molecular flexibility index (Phi) is 13.8. The highest BCUT2D eigenvalue weighted by molar-refractivity contribution is 5.99. The predicted octanol–water partition coefficient (Wildman–Crippen LogP) is 4.79. The zero-order chi connectivity index (χ0) is 49.0. The Morgan fingerprint density at radius 1 is 0.789 bits per heavy atom. The lowest BCUT2D eigenvalue weighted by atomic mass is 9.98. The van der Waals surface area contributed by atoms with Gasteiger partial charge < -0.3 is 19.1 Å². The van der Waals surface area contributed by atoms with Crippen LogP contribution in [0, 0.1) is 24.2 Å². The van der Waals surface area contributed by atoms with E-state index in [0.29, 0.717) is 59.9 Å². The van der Waals surface area contributed by atoms with Crippen LogP contribution < -0.4 is 26.1 Å². The van der Waals surface area contributed by atoms with Crippen molar-refractivity contribution in [3.05, 3.63) is 135 Å². The van der Waals surface area contributed by atoms with Gasteiger partial charge in [-0.05, 0) is 111 Å². The summed E-state index contributed by atoms with van der Waals surface area (Å²) in [6.07, 6.45) is 9.51. The average Bonchev–Trinajstić information content (AvgIpc) is 3.40. The summed E-state index contributed by atoms with van der Waals surface area (Å²) >= 11 is 0. The first kappa shape index (κ1) is 47.1. The highest BCUT2D eigenvalue weighted by Gasteiger charge is 2.32. The van der Waals surface area contributed by atoms with Gasteiger partial charge >= 0.3 is 0 Å². The van der Waals surface area contributed by atoms with E-state index in [-0.39, 0.29) is 35.8 Å². The Labute approximate surface area is 411 Å². The lowest BCUT2D eigenvalue weighted by Crippen LogP contribution is -2.55. The summed E-state index contributed by atoms with van der Waals surface area (Å²) in [5.74, 6) is 0.908. The Morgan fingerprint density at radius 2 is 1.55 bits per heavy atom. The number of benzene rings is 3. The van der Waals surface area contributed by atoms with Gasteiger partial charge in [-0.3, -0.25) is 39.1 Å². The van der Waals surface area contributed by atoms with Crippen LogP contribution in [0.3, 0.4) is 0 Å². The molecule has 17 heteroatoms. The van der Waals surface area contributed by atoms with Gasteiger partial charge in [0.15, 0.2) is 11.6 Å². The molecule has 3 aromatic heterocycles. The van der Waals surface area contributed by atoms with Crippen molar-refractivity contribution < 1.29 is 19.1 Å². The number of rotatable bonds is 12. The molecule has 71 heavy (non-hydrogen) atoms. The van der Waals surface area contributed by atoms with E-state index in [1.807, 2.05) is 78.7 Å². The van der Waals surface area contributed by atoms with Crippen LogP contribution in [0.4, 0.5) is 5.69 Å². The summed E-state index contributed by atoms with van der Waals surface area (Å²) < 4.78 is 9.06. The van der Waals surface area contributed by atoms with Crippen molar-refractivity contribution in [3.8, 4) is 34.3 Å². The number of nitrogens with one attached hydrogen (secondary N) is 1. The molecule has 7 heterocycles. The maximum Gasteiger partial charge on any atom is 0.275 e. The molecule has 1 N–H and O–H groups in total. The second kappa shape index (κ2) is 20.8. The van der Waals surface area contributed by atoms with Gasteiger partial charge in [0.1, 0.15) is 6.04 Å². The number of imide groups is 1. The lowest BCUT2D eigenvalue weighted by Gasteiger charge is -2.43. The summed E-state index contributed by atoms with van der Waals surface area (Å²) in [5.41, 5.74) is 5.24. The van der Waals surface area contributed by atoms with Crippen LogP contribution in [0.1, 0.15) is 61.4 Å². The summed E-state index contributed by atoms with van der Waals surface area (Å²) in [7, 11) is 0. The van der Waals surface area contributed by atoms with Crippen LogP contribution in [0.5, 0.6) is 5.75 Å². The van der Waals surface area contributed by atoms with Crippen molar-refractivity contribution in [1.82, 2.24) is 44.3 Å². The maximum absolute atomic E-state index is 13.6. The number of amides is 3. The number of piperazine rings is 1. The van der Waals surface area contributed by atoms with Crippen molar-refractivity contribution in [2.45, 2.75) is 64.1 Å². The molecule has 17 nitrogen and oxygen atoms in total. The Hall–Kier alpha value is -7.55. The zero-order valence-corrected chi connectivity index (χ0v) is 39.9. The standard InChI is InChI=1S/C54H57N11O6/c1-36-46-10-9-44(28-47(46)54(70)65(59-36)48-11-12-49(66)58-53(48)69)61-20-16-43(17-21-61)62-22-24-63(25-23-62)51(68)34-60-18-14-37(15-19-60)35-71-45-30-56-52(57-31-45)41-7-3-5-39(27-41)32-64-33-42(8-13-50(64)67)40-6-2-4-38(26-40)29-55/h2-10,13,26-28,30-31,33,37,43,48H,11-12,14-25,32,34-35H2,1H3,(H,58,66,69). The minimum atomic E-state index is -0.807. The van der Waals surface area contributed by atoms with E-state index in [0.717, 1.165) is 111 Å². The molecule has 364 valence electrons. The minimum absolute atomic E-state index is 0.119. The largest absolute Gasteiger partial charge is 0.490 e. The topological polar surface area (TPSA) is 192 Å². The summed E-state index contributed by atoms with van der Waals surface area (Å²) in [5, 5.41) is 17.4. The molecule has 4 saturated heterocycles. The van der Waals surface area contributed by atoms with Gasteiger partial charge in [0, 0.05) is 80.6 Å². The van der Waals surface area contributed by atoms with Crippen molar-refractivity contribution >= 4 is 34.2 Å². The lowest BCUT2D eigenvalue weighted by molar-refractivity contribution is -0.136. The maximum atomic E-state index is 13.6. The highest BCUT2D eigenvalue weighted by atomic mass is 16.5. The molecule has 3 amide bonds. The van der Waals surface area contributed by atoms with E-state index in [2.05, 4.69) is 41.2 Å². The van der Waals surface area contributed by atoms with Crippen molar-refractivity contribution in [2.24, 2.45) is 5.92 Å². The number of carbonyl (C=O) groups excluding carboxylic acids is 3. The molecule has 0 spiro atoms. The number of carbonyl (C=O) groups is 3. The summed E-state index contributed by atoms with van der Waals surface area (Å²) in [4.78, 5) is 82.6. The molecule has 1 atom stereocenters. The molecule has 6 aromatic rings. The Morgan fingerprint density at radius 3 is 2.31 bits per heavy atom. The van der Waals surface area contributed by atoms with Crippen LogP contribution in [-0.2, 0) is 20.9 Å². The van der Waals surface area contributed by atoms with E-state index >= 15 is 0 Å². The Bertz CT molecular complexity index is 3120. The van der Waals surface area contributed by atoms with E-state index in [1.54, 1.807) is 35.2 Å². The fourth-order valence-corrected chi connectivity index (χ4v) is 10.5. The third-order valence-electron chi connectivity index (χ3n) is 14.6. The molecule has 0 radical (unpaired) electrons. The molecule has 4 aliphatic rings. The van der Waals surface area contributed by atoms with Crippen LogP contribution in [0.2, 0.25) is 0 Å². The van der Waals surface area contributed by atoms with Crippen LogP contribution in [-0.4, -0.2) is 128 Å². The van der Waals surface area contributed by atoms with Gasteiger partial charge in [-0.25, -0.2) is 14.6 Å². The quantitative estimate of drug-likeness (QED) is 0.165. The second-order valence-corrected chi connectivity index (χ2v) is 19.2. The minimum Gasteiger partial charge on any atom is -0.490 e. The van der Waals surface area contributed by atoms with Crippen molar-refractivity contribution in [2.75, 3.05) is 70.4 Å². The van der Waals surface area contributed by atoms with Crippen molar-refractivity contribution in [1.29, 1.82) is 5.26 Å². The number of pyridine rings is 1. The van der Waals surface area contributed by atoms with Crippen molar-refractivity contribution in [3.63, 3.8) is 0 Å². The SMILES string of the molecule is Cc1nn(C2CCC(=O)NC2=O)c(=O)c2cc(N3CCC(N4CCN(C(=O)CN5CCC(COc6cnc(-c7cccc(Cn8cc(-c9cccc(C#N)c9)ccc8=O)c7)nc6)CC5)CC4)CC3)ccc12. The van der Waals surface area contributed by atoms with Gasteiger partial charge in [-0.1, -0.05) is 36.4 Å². The number of hydrogen-bond donors (Lipinski definition) is 1. The number of nitrogens with zero attached hydrogens (tertiary/aromatic N) is 10. The highest BCUT2D eigenvalue weighted by Crippen LogP contribution is 2.29. The first-order chi connectivity index (χ1) is 34.5. The number of nitriles is 1. The molecule has 0 bridgehead atoms. The molecule has 0 aliphatic carbocycles. The van der Waals surface area contributed by atoms with Crippen LogP contribution >= 0.6 is 0 Å². The number of aromatic nitrogens is 5. The summed E-state index contributed by atoms with van der Waals surface area (Å²) in [6.45, 7) is 9.75. The predicted molar refractivity (Wildman–Crippen MR) is 268 cm³/mol. The molecule has 1 unspecified atom stereocenters. The monoisotopic (exact) mass is 955 g/mol. The molecular formula is C54H57N11O6. The number of fused-ring (bicyclic) bond motifs is 1. The van der Waals surface area contributed by atoms with Gasteiger partial charge in [0.25, 0.3) is 17.0 Å². The first-order valence-corrected chi connectivity index (χ1v) is 24.7. The smallest absolute Gasteiger partial charge is 0.275 e. The third kappa shape index (κ3) is 10.6. The van der Waals surface area contributed by atoms with Crippen LogP contribution in [0.25, 0.3) is 33.3 Å². The van der Waals surface area contributed by atoms with Gasteiger partial charge in [0.05, 0.1) is 54.8 Å². The van der Waals surface area contributed by atoms with E-state index in [9.17, 15) is 29.2 Å². The molecule has 4 fully saturated rings. The van der Waals surface area contributed by atoms with Gasteiger partial charge in [-0.2, -0.15) is 10.4 Å². The number of anilines is 1. The molecular weight excluding hydrogens is 899 g/mol. The second-order valence-electron chi connectivity index (χ2n) is 19.2. The summed E-state index contributed by atoms with van der Waals surface area (Å²) in [6, 6.07) is 26.2. The number of ether oxygens (including phenoxy) is 1. The molecule has 3 aromatic carbocycles. The fraction of sp³-hybridized carbons (Fsp3) is 0.389. The van der Waals surface area contributed by atoms with Gasteiger partial charge in [-0.15, -0.1) is 0 Å². The van der Waals surface area contributed by atoms with E-state index in [1.165, 1.54) is 4.68 Å². The number of likely N-dealkylation sites (tertiary alicyclic amines) is 1. The zero-order valence-electron chi connectivity index (χ0n) is 39.9. The van der Waals surface area contributed by atoms with Crippen LogP contribution in [0.15, 0.2) is 107 Å². The third-order valence-corrected chi connectivity index (χ3v) is 14.6. The Balaban J connectivity index is 0.645. The average molecular weight is 956 g/mol. The normalized spacial score (nSPS) is 18.6. The number of piperidine rings is 3. The molecule has 4 aliphatic heterocycles. The van der Waals surface area contributed by atoms with E-state index in [4.69, 9.17) is 4.74 Å². The first-order valence-electron chi connectivity index (χ1n) is 24.7. The van der Waals surface area contributed by atoms with E-state index < -0.39 is 11.9 Å². The van der Waals surface area contributed by atoms with Gasteiger partial charge in [0.2, 0.25) is 11.8 Å².